The number of carbonyl (C=O) groups excluding carboxylic acids is 1. The summed E-state index contributed by atoms with van der Waals surface area (Å²) in [5.41, 5.74) is 3.46. The SMILES string of the molecule is C/C=C(\c1c(CC)ncnc1N1CCN(C(=O)OC(C)(C)C)[C@H](C)C1)C1CC1.C=Cc1cc(F)c(F)c(F)c1. The van der Waals surface area contributed by atoms with Gasteiger partial charge in [-0.15, -0.1) is 0 Å². The Morgan fingerprint density at radius 3 is 2.28 bits per heavy atom. The number of piperazine rings is 1. The number of allylic oxidation sites excluding steroid dienone is 2. The third kappa shape index (κ3) is 7.61. The van der Waals surface area contributed by atoms with Gasteiger partial charge in [0.2, 0.25) is 0 Å². The molecule has 1 aliphatic carbocycles. The molecule has 2 fully saturated rings. The molecule has 1 atom stereocenters. The molecular weight excluding hydrogens is 505 g/mol. The van der Waals surface area contributed by atoms with Crippen LogP contribution in [-0.4, -0.2) is 52.2 Å². The quantitative estimate of drug-likeness (QED) is 0.378. The number of benzene rings is 1. The highest BCUT2D eigenvalue weighted by atomic mass is 19.2. The number of nitrogens with zero attached hydrogens (tertiary/aromatic N) is 4. The molecule has 2 heterocycles. The lowest BCUT2D eigenvalue weighted by molar-refractivity contribution is 0.0158. The van der Waals surface area contributed by atoms with Crippen molar-refractivity contribution in [2.75, 3.05) is 24.5 Å². The van der Waals surface area contributed by atoms with Crippen molar-refractivity contribution in [3.8, 4) is 0 Å². The number of hydrogen-bond acceptors (Lipinski definition) is 5. The van der Waals surface area contributed by atoms with Crippen molar-refractivity contribution in [2.45, 2.75) is 72.4 Å². The van der Waals surface area contributed by atoms with Crippen molar-refractivity contribution in [2.24, 2.45) is 5.92 Å². The first kappa shape index (κ1) is 30.2. The van der Waals surface area contributed by atoms with Crippen molar-refractivity contribution in [3.05, 3.63) is 65.4 Å². The number of aryl methyl sites for hydroxylation is 1. The summed E-state index contributed by atoms with van der Waals surface area (Å²) in [7, 11) is 0. The molecule has 2 aromatic rings. The van der Waals surface area contributed by atoms with Gasteiger partial charge in [-0.3, -0.25) is 0 Å². The van der Waals surface area contributed by atoms with Gasteiger partial charge < -0.3 is 14.5 Å². The third-order valence-corrected chi connectivity index (χ3v) is 6.65. The molecule has 6 nitrogen and oxygen atoms in total. The molecule has 39 heavy (non-hydrogen) atoms. The van der Waals surface area contributed by atoms with Crippen LogP contribution in [0, 0.1) is 23.4 Å². The molecule has 4 rings (SSSR count). The van der Waals surface area contributed by atoms with Gasteiger partial charge in [0.25, 0.3) is 0 Å². The van der Waals surface area contributed by atoms with Crippen LogP contribution in [0.4, 0.5) is 23.8 Å². The molecule has 9 heteroatoms. The molecule has 0 bridgehead atoms. The normalized spacial score (nSPS) is 17.9. The first-order chi connectivity index (χ1) is 18.4. The molecule has 1 aliphatic heterocycles. The molecule has 1 saturated heterocycles. The van der Waals surface area contributed by atoms with Crippen molar-refractivity contribution in [1.29, 1.82) is 0 Å². The van der Waals surface area contributed by atoms with E-state index < -0.39 is 23.1 Å². The van der Waals surface area contributed by atoms with Crippen molar-refractivity contribution in [3.63, 3.8) is 0 Å². The van der Waals surface area contributed by atoms with Gasteiger partial charge in [0.1, 0.15) is 17.7 Å². The average Bonchev–Trinajstić information content (AvgIpc) is 3.72. The second kappa shape index (κ2) is 12.7. The van der Waals surface area contributed by atoms with Crippen LogP contribution in [0.2, 0.25) is 0 Å². The van der Waals surface area contributed by atoms with Crippen LogP contribution in [0.1, 0.15) is 71.2 Å². The van der Waals surface area contributed by atoms with Crippen LogP contribution >= 0.6 is 0 Å². The fourth-order valence-corrected chi connectivity index (χ4v) is 4.63. The number of ether oxygens (including phenoxy) is 1. The molecule has 1 saturated carbocycles. The first-order valence-electron chi connectivity index (χ1n) is 13.4. The maximum atomic E-state index is 12.5. The molecular formula is C30H39F3N4O2. The van der Waals surface area contributed by atoms with E-state index in [9.17, 15) is 18.0 Å². The molecule has 0 radical (unpaired) electrons. The fourth-order valence-electron chi connectivity index (χ4n) is 4.63. The van der Waals surface area contributed by atoms with Crippen LogP contribution in [0.5, 0.6) is 0 Å². The first-order valence-corrected chi connectivity index (χ1v) is 13.4. The molecule has 1 aromatic heterocycles. The van der Waals surface area contributed by atoms with E-state index in [1.54, 1.807) is 6.33 Å². The van der Waals surface area contributed by atoms with Gasteiger partial charge >= 0.3 is 6.09 Å². The Labute approximate surface area is 229 Å². The molecule has 2 aliphatic rings. The van der Waals surface area contributed by atoms with E-state index in [0.29, 0.717) is 12.5 Å². The second-order valence-corrected chi connectivity index (χ2v) is 10.9. The lowest BCUT2D eigenvalue weighted by atomic mass is 9.97. The Morgan fingerprint density at radius 1 is 1.15 bits per heavy atom. The van der Waals surface area contributed by atoms with Crippen LogP contribution in [0.3, 0.4) is 0 Å². The summed E-state index contributed by atoms with van der Waals surface area (Å²) < 4.78 is 42.6. The monoisotopic (exact) mass is 544 g/mol. The van der Waals surface area contributed by atoms with E-state index in [-0.39, 0.29) is 17.7 Å². The predicted octanol–water partition coefficient (Wildman–Crippen LogP) is 7.04. The van der Waals surface area contributed by atoms with Gasteiger partial charge in [-0.2, -0.15) is 0 Å². The van der Waals surface area contributed by atoms with E-state index in [1.807, 2.05) is 25.7 Å². The summed E-state index contributed by atoms with van der Waals surface area (Å²) in [6, 6.07) is 1.82. The number of rotatable bonds is 5. The number of anilines is 1. The van der Waals surface area contributed by atoms with Crippen molar-refractivity contribution >= 4 is 23.6 Å². The van der Waals surface area contributed by atoms with E-state index in [0.717, 1.165) is 43.2 Å². The summed E-state index contributed by atoms with van der Waals surface area (Å²) in [6.45, 7) is 17.5. The van der Waals surface area contributed by atoms with E-state index in [4.69, 9.17) is 9.72 Å². The minimum Gasteiger partial charge on any atom is -0.444 e. The Hall–Kier alpha value is -3.36. The summed E-state index contributed by atoms with van der Waals surface area (Å²) >= 11 is 0. The Balaban J connectivity index is 0.000000320. The molecule has 0 spiro atoms. The second-order valence-electron chi connectivity index (χ2n) is 10.9. The van der Waals surface area contributed by atoms with Gasteiger partial charge in [-0.05, 0) is 83.1 Å². The third-order valence-electron chi connectivity index (χ3n) is 6.65. The summed E-state index contributed by atoms with van der Waals surface area (Å²) in [5.74, 6) is -2.18. The number of carbonyl (C=O) groups is 1. The summed E-state index contributed by atoms with van der Waals surface area (Å²) in [4.78, 5) is 25.9. The van der Waals surface area contributed by atoms with Gasteiger partial charge in [0, 0.05) is 31.2 Å². The Bertz CT molecular complexity index is 1200. The predicted molar refractivity (Wildman–Crippen MR) is 149 cm³/mol. The average molecular weight is 545 g/mol. The van der Waals surface area contributed by atoms with Gasteiger partial charge in [0.05, 0.1) is 5.69 Å². The molecule has 212 valence electrons. The van der Waals surface area contributed by atoms with E-state index in [2.05, 4.69) is 43.3 Å². The Morgan fingerprint density at radius 2 is 1.79 bits per heavy atom. The minimum atomic E-state index is -1.45. The van der Waals surface area contributed by atoms with Gasteiger partial charge in [0.15, 0.2) is 17.5 Å². The van der Waals surface area contributed by atoms with Crippen LogP contribution in [0.15, 0.2) is 31.1 Å². The zero-order valence-electron chi connectivity index (χ0n) is 23.7. The van der Waals surface area contributed by atoms with Crippen LogP contribution in [0.25, 0.3) is 11.6 Å². The molecule has 0 unspecified atom stereocenters. The largest absolute Gasteiger partial charge is 0.444 e. The zero-order chi connectivity index (χ0) is 28.9. The zero-order valence-corrected chi connectivity index (χ0v) is 23.7. The fraction of sp³-hybridized carbons (Fsp3) is 0.500. The lowest BCUT2D eigenvalue weighted by Gasteiger charge is -2.41. The van der Waals surface area contributed by atoms with Crippen LogP contribution < -0.4 is 4.90 Å². The maximum absolute atomic E-state index is 12.5. The van der Waals surface area contributed by atoms with Crippen LogP contribution in [-0.2, 0) is 11.2 Å². The summed E-state index contributed by atoms with van der Waals surface area (Å²) in [6.07, 6.45) is 8.32. The maximum Gasteiger partial charge on any atom is 0.410 e. The number of hydrogen-bond donors (Lipinski definition) is 0. The van der Waals surface area contributed by atoms with Gasteiger partial charge in [-0.25, -0.2) is 27.9 Å². The lowest BCUT2D eigenvalue weighted by Crippen LogP contribution is -2.55. The number of aromatic nitrogens is 2. The highest BCUT2D eigenvalue weighted by Crippen LogP contribution is 2.45. The van der Waals surface area contributed by atoms with Crippen molar-refractivity contribution < 1.29 is 22.7 Å². The summed E-state index contributed by atoms with van der Waals surface area (Å²) in [5, 5.41) is 0. The smallest absolute Gasteiger partial charge is 0.410 e. The number of amides is 1. The van der Waals surface area contributed by atoms with E-state index >= 15 is 0 Å². The minimum absolute atomic E-state index is 0.0615. The van der Waals surface area contributed by atoms with Gasteiger partial charge in [-0.1, -0.05) is 25.7 Å². The van der Waals surface area contributed by atoms with Crippen molar-refractivity contribution in [1.82, 2.24) is 14.9 Å². The topological polar surface area (TPSA) is 58.6 Å². The molecule has 1 aromatic carbocycles. The molecule has 1 amide bonds. The highest BCUT2D eigenvalue weighted by Gasteiger charge is 2.35. The van der Waals surface area contributed by atoms with E-state index in [1.165, 1.54) is 30.1 Å². The Kier molecular flexibility index (Phi) is 9.80. The number of halogens is 3. The standard InChI is InChI=1S/C22H34N4O2.C8H5F3/c1-7-17(16-9-10-16)19-18(8-2)23-14-24-20(19)25-11-12-26(15(3)13-25)21(27)28-22(4,5)6;1-2-5-3-6(9)8(11)7(10)4-5/h7,14-16H,8-13H2,1-6H3;2-4H,1H2/b17-7-;/t15-;/m1./s1. The molecule has 0 N–H and O–H groups in total. The highest BCUT2D eigenvalue weighted by molar-refractivity contribution is 5.79.